The van der Waals surface area contributed by atoms with E-state index in [-0.39, 0.29) is 0 Å². The number of hydrogen-bond acceptors (Lipinski definition) is 5. The molecule has 0 unspecified atom stereocenters. The summed E-state index contributed by atoms with van der Waals surface area (Å²) in [5.74, 6) is 0. The zero-order valence-electron chi connectivity index (χ0n) is 13.4. The molecule has 0 aromatic carbocycles. The molecule has 3 aromatic rings. The van der Waals surface area contributed by atoms with Crippen LogP contribution in [0.1, 0.15) is 15.9 Å². The highest BCUT2D eigenvalue weighted by Gasteiger charge is 1.91. The van der Waals surface area contributed by atoms with Gasteiger partial charge in [-0.1, -0.05) is 0 Å². The van der Waals surface area contributed by atoms with Crippen LogP contribution >= 0.6 is 0 Å². The zero-order valence-corrected chi connectivity index (χ0v) is 13.4. The van der Waals surface area contributed by atoms with Gasteiger partial charge in [0.15, 0.2) is 6.29 Å². The Labute approximate surface area is 134 Å². The van der Waals surface area contributed by atoms with E-state index in [9.17, 15) is 4.79 Å². The van der Waals surface area contributed by atoms with Crippen LogP contribution in [0.3, 0.4) is 0 Å². The molecular weight excluding hydrogens is 294 g/mol. The Morgan fingerprint density at radius 1 is 1.09 bits per heavy atom. The third-order valence-electron chi connectivity index (χ3n) is 2.54. The molecule has 0 spiro atoms. The van der Waals surface area contributed by atoms with Gasteiger partial charge in [-0.3, -0.25) is 18.8 Å². The van der Waals surface area contributed by atoms with Crippen molar-refractivity contribution in [2.45, 2.75) is 6.42 Å². The summed E-state index contributed by atoms with van der Waals surface area (Å²) in [5.41, 5.74) is 1.59. The first-order chi connectivity index (χ1) is 11.0. The van der Waals surface area contributed by atoms with Crippen LogP contribution in [-0.4, -0.2) is 35.6 Å². The predicted octanol–water partition coefficient (Wildman–Crippen LogP) is 1.14. The molecule has 0 bridgehead atoms. The Hall–Kier alpha value is -3.21. The van der Waals surface area contributed by atoms with Crippen LogP contribution in [0.25, 0.3) is 0 Å². The Kier molecular flexibility index (Phi) is 7.51. The lowest BCUT2D eigenvalue weighted by Gasteiger charge is -1.80. The Bertz CT molecular complexity index is 734. The minimum Gasteiger partial charge on any atom is -0.298 e. The van der Waals surface area contributed by atoms with E-state index < -0.39 is 0 Å². The molecule has 0 aliphatic carbocycles. The molecule has 0 saturated carbocycles. The highest BCUT2D eigenvalue weighted by atomic mass is 16.1. The van der Waals surface area contributed by atoms with E-state index in [1.807, 2.05) is 38.6 Å². The quantitative estimate of drug-likeness (QED) is 0.661. The molecule has 0 fully saturated rings. The molecule has 0 radical (unpaired) electrons. The summed E-state index contributed by atoms with van der Waals surface area (Å²) in [4.78, 5) is 9.97. The summed E-state index contributed by atoms with van der Waals surface area (Å²) in [6, 6.07) is 3.93. The number of hydrogen-bond donors (Lipinski definition) is 0. The normalized spacial score (nSPS) is 8.96. The Morgan fingerprint density at radius 3 is 2.09 bits per heavy atom. The summed E-state index contributed by atoms with van der Waals surface area (Å²) >= 11 is 0. The number of aryl methyl sites for hydroxylation is 3. The van der Waals surface area contributed by atoms with Gasteiger partial charge in [-0.25, -0.2) is 0 Å². The number of nitriles is 1. The van der Waals surface area contributed by atoms with E-state index in [1.54, 1.807) is 39.7 Å². The van der Waals surface area contributed by atoms with Crippen LogP contribution in [0.4, 0.5) is 0 Å². The second kappa shape index (κ2) is 9.68. The van der Waals surface area contributed by atoms with Crippen molar-refractivity contribution >= 4 is 6.29 Å². The maximum atomic E-state index is 9.97. The molecule has 8 heteroatoms. The summed E-state index contributed by atoms with van der Waals surface area (Å²) in [5, 5.41) is 19.7. The minimum absolute atomic E-state index is 0.452. The van der Waals surface area contributed by atoms with Gasteiger partial charge in [-0.15, -0.1) is 0 Å². The number of rotatable bonds is 2. The van der Waals surface area contributed by atoms with Crippen LogP contribution in [-0.2, 0) is 27.6 Å². The van der Waals surface area contributed by atoms with Crippen LogP contribution in [0.2, 0.25) is 0 Å². The number of nitrogens with zero attached hydrogens (tertiary/aromatic N) is 7. The Morgan fingerprint density at radius 2 is 1.78 bits per heavy atom. The molecule has 0 amide bonds. The summed E-state index contributed by atoms with van der Waals surface area (Å²) in [7, 11) is 5.49. The fourth-order valence-corrected chi connectivity index (χ4v) is 1.50. The zero-order chi connectivity index (χ0) is 17.1. The summed E-state index contributed by atoms with van der Waals surface area (Å²) < 4.78 is 5.02. The molecule has 0 atom stereocenters. The van der Waals surface area contributed by atoms with Gasteiger partial charge < -0.3 is 0 Å². The van der Waals surface area contributed by atoms with Gasteiger partial charge >= 0.3 is 0 Å². The summed E-state index contributed by atoms with van der Waals surface area (Å²) in [6.45, 7) is 0. The number of aldehydes is 1. The van der Waals surface area contributed by atoms with Crippen LogP contribution in [0.5, 0.6) is 0 Å². The standard InChI is InChI=1S/C6H7N3.C5H6N2O.C4H6N2/c1-9-5-6(2-3-7)4-8-9;1-7-3-5(4-8)2-6-7;1-6-4-2-3-5-6/h4-5H,2H2,1H3;2-4H,1H3;2-4H,1H3. The van der Waals surface area contributed by atoms with Crippen molar-refractivity contribution in [3.05, 3.63) is 54.4 Å². The van der Waals surface area contributed by atoms with Crippen molar-refractivity contribution in [2.24, 2.45) is 21.1 Å². The van der Waals surface area contributed by atoms with Crippen LogP contribution in [0.15, 0.2) is 43.2 Å². The molecule has 3 aromatic heterocycles. The van der Waals surface area contributed by atoms with Crippen molar-refractivity contribution in [3.63, 3.8) is 0 Å². The molecule has 8 nitrogen and oxygen atoms in total. The van der Waals surface area contributed by atoms with Crippen LogP contribution in [0, 0.1) is 11.3 Å². The fraction of sp³-hybridized carbons (Fsp3) is 0.267. The first kappa shape index (κ1) is 17.8. The number of carbonyl (C=O) groups excluding carboxylic acids is 1. The average Bonchev–Trinajstić information content (AvgIpc) is 3.25. The van der Waals surface area contributed by atoms with Crippen molar-refractivity contribution in [1.82, 2.24) is 29.3 Å². The third kappa shape index (κ3) is 7.38. The molecule has 0 aliphatic heterocycles. The van der Waals surface area contributed by atoms with Gasteiger partial charge in [0, 0.05) is 51.5 Å². The molecule has 0 N–H and O–H groups in total. The van der Waals surface area contributed by atoms with Crippen molar-refractivity contribution in [3.8, 4) is 6.07 Å². The molecule has 0 aliphatic rings. The maximum absolute atomic E-state index is 9.97. The summed E-state index contributed by atoms with van der Waals surface area (Å²) in [6.07, 6.45) is 11.6. The lowest BCUT2D eigenvalue weighted by atomic mass is 10.3. The van der Waals surface area contributed by atoms with E-state index in [4.69, 9.17) is 5.26 Å². The SMILES string of the molecule is Cn1cc(C=O)cn1.Cn1cc(CC#N)cn1.Cn1cccn1. The Balaban J connectivity index is 0.000000176. The van der Waals surface area contributed by atoms with E-state index in [0.29, 0.717) is 12.0 Å². The van der Waals surface area contributed by atoms with Crippen molar-refractivity contribution in [1.29, 1.82) is 5.26 Å². The number of aromatic nitrogens is 6. The monoisotopic (exact) mass is 313 g/mol. The molecule has 3 rings (SSSR count). The largest absolute Gasteiger partial charge is 0.298 e. The second-order valence-electron chi connectivity index (χ2n) is 4.60. The topological polar surface area (TPSA) is 94.3 Å². The van der Waals surface area contributed by atoms with E-state index >= 15 is 0 Å². The molecule has 120 valence electrons. The molecule has 0 saturated heterocycles. The van der Waals surface area contributed by atoms with Crippen molar-refractivity contribution in [2.75, 3.05) is 0 Å². The van der Waals surface area contributed by atoms with E-state index in [0.717, 1.165) is 11.8 Å². The number of carbonyl (C=O) groups is 1. The minimum atomic E-state index is 0.452. The molecular formula is C15H19N7O. The molecule has 23 heavy (non-hydrogen) atoms. The first-order valence-corrected chi connectivity index (χ1v) is 6.77. The van der Waals surface area contributed by atoms with Gasteiger partial charge in [0.2, 0.25) is 0 Å². The molecule has 3 heterocycles. The van der Waals surface area contributed by atoms with Gasteiger partial charge in [-0.2, -0.15) is 20.6 Å². The van der Waals surface area contributed by atoms with Gasteiger partial charge in [0.25, 0.3) is 0 Å². The van der Waals surface area contributed by atoms with E-state index in [2.05, 4.69) is 15.3 Å². The van der Waals surface area contributed by atoms with Crippen LogP contribution < -0.4 is 0 Å². The van der Waals surface area contributed by atoms with Gasteiger partial charge in [0.1, 0.15) is 0 Å². The lowest BCUT2D eigenvalue weighted by molar-refractivity contribution is 0.112. The third-order valence-corrected chi connectivity index (χ3v) is 2.54. The predicted molar refractivity (Wildman–Crippen MR) is 84.3 cm³/mol. The smallest absolute Gasteiger partial charge is 0.153 e. The van der Waals surface area contributed by atoms with Gasteiger partial charge in [0.05, 0.1) is 30.4 Å². The average molecular weight is 313 g/mol. The highest BCUT2D eigenvalue weighted by molar-refractivity contribution is 5.73. The lowest BCUT2D eigenvalue weighted by Crippen LogP contribution is -1.84. The second-order valence-corrected chi connectivity index (χ2v) is 4.60. The van der Waals surface area contributed by atoms with E-state index in [1.165, 1.54) is 6.20 Å². The fourth-order valence-electron chi connectivity index (χ4n) is 1.50. The maximum Gasteiger partial charge on any atom is 0.153 e. The van der Waals surface area contributed by atoms with Gasteiger partial charge in [-0.05, 0) is 6.07 Å². The van der Waals surface area contributed by atoms with Crippen molar-refractivity contribution < 1.29 is 4.79 Å². The highest BCUT2D eigenvalue weighted by Crippen LogP contribution is 1.94. The first-order valence-electron chi connectivity index (χ1n) is 6.77.